The second-order valence-electron chi connectivity index (χ2n) is 6.18. The number of hydrogen-bond acceptors (Lipinski definition) is 7. The van der Waals surface area contributed by atoms with Gasteiger partial charge < -0.3 is 4.74 Å². The number of aromatic nitrogens is 1. The van der Waals surface area contributed by atoms with Gasteiger partial charge in [0.05, 0.1) is 10.3 Å². The highest BCUT2D eigenvalue weighted by atomic mass is 32.1. The summed E-state index contributed by atoms with van der Waals surface area (Å²) in [6.07, 6.45) is 3.84. The van der Waals surface area contributed by atoms with Crippen molar-refractivity contribution in [3.63, 3.8) is 0 Å². The van der Waals surface area contributed by atoms with Crippen molar-refractivity contribution in [2.75, 3.05) is 11.9 Å². The Morgan fingerprint density at radius 2 is 1.96 bits per heavy atom. The fourth-order valence-electron chi connectivity index (χ4n) is 3.19. The van der Waals surface area contributed by atoms with Crippen LogP contribution in [0.2, 0.25) is 0 Å². The maximum absolute atomic E-state index is 13.2. The molecule has 142 valence electrons. The number of esters is 1. The number of thiazole rings is 1. The summed E-state index contributed by atoms with van der Waals surface area (Å²) >= 11 is 0.708. The number of nitrogens with zero attached hydrogens (tertiary/aromatic N) is 2. The number of nitrogens with one attached hydrogen (secondary N) is 1. The summed E-state index contributed by atoms with van der Waals surface area (Å²) in [5, 5.41) is 12.8. The number of amides is 1. The van der Waals surface area contributed by atoms with Gasteiger partial charge in [-0.05, 0) is 41.9 Å². The first kappa shape index (κ1) is 18.9. The van der Waals surface area contributed by atoms with Crippen molar-refractivity contribution in [1.82, 2.24) is 4.98 Å². The number of rotatable bonds is 6. The van der Waals surface area contributed by atoms with Gasteiger partial charge >= 0.3 is 11.0 Å². The zero-order chi connectivity index (χ0) is 19.4. The Balaban J connectivity index is 1.63. The van der Waals surface area contributed by atoms with E-state index < -0.39 is 34.6 Å². The van der Waals surface area contributed by atoms with E-state index in [0.717, 1.165) is 19.0 Å². The topological polar surface area (TPSA) is 111 Å². The lowest BCUT2D eigenvalue weighted by atomic mass is 9.79. The largest absolute Gasteiger partial charge is 0.455 e. The van der Waals surface area contributed by atoms with Crippen molar-refractivity contribution in [3.8, 4) is 0 Å². The minimum Gasteiger partial charge on any atom is -0.455 e. The smallest absolute Gasteiger partial charge is 0.345 e. The third kappa shape index (κ3) is 4.11. The third-order valence-corrected chi connectivity index (χ3v) is 5.36. The molecule has 0 aliphatic heterocycles. The molecule has 1 aliphatic rings. The monoisotopic (exact) mass is 393 g/mol. The van der Waals surface area contributed by atoms with E-state index in [0.29, 0.717) is 29.7 Å². The molecule has 0 atom stereocenters. The molecule has 1 saturated carbocycles. The number of nitro groups is 1. The van der Waals surface area contributed by atoms with E-state index in [4.69, 9.17) is 4.74 Å². The molecule has 0 bridgehead atoms. The average molecular weight is 393 g/mol. The first-order chi connectivity index (χ1) is 12.9. The molecular weight excluding hydrogens is 377 g/mol. The van der Waals surface area contributed by atoms with E-state index in [2.05, 4.69) is 10.3 Å². The Hall–Kier alpha value is -2.88. The Morgan fingerprint density at radius 1 is 1.30 bits per heavy atom. The summed E-state index contributed by atoms with van der Waals surface area (Å²) in [6, 6.07) is 5.73. The van der Waals surface area contributed by atoms with Crippen LogP contribution in [0, 0.1) is 15.9 Å². The number of anilines is 1. The Kier molecular flexibility index (Phi) is 5.45. The van der Waals surface area contributed by atoms with E-state index in [9.17, 15) is 24.1 Å². The number of ether oxygens (including phenoxy) is 1. The van der Waals surface area contributed by atoms with Gasteiger partial charge in [0.15, 0.2) is 11.7 Å². The average Bonchev–Trinajstić information content (AvgIpc) is 3.30. The summed E-state index contributed by atoms with van der Waals surface area (Å²) in [5.41, 5.74) is -0.212. The Morgan fingerprint density at radius 3 is 2.56 bits per heavy atom. The van der Waals surface area contributed by atoms with Crippen LogP contribution in [-0.4, -0.2) is 28.4 Å². The van der Waals surface area contributed by atoms with E-state index in [-0.39, 0.29) is 10.1 Å². The summed E-state index contributed by atoms with van der Waals surface area (Å²) in [5.74, 6) is -1.57. The fraction of sp³-hybridized carbons (Fsp3) is 0.353. The molecule has 0 saturated heterocycles. The van der Waals surface area contributed by atoms with Gasteiger partial charge in [0.1, 0.15) is 12.0 Å². The molecule has 0 unspecified atom stereocenters. The lowest BCUT2D eigenvalue weighted by molar-refractivity contribution is -0.380. The molecule has 1 fully saturated rings. The second-order valence-corrected chi connectivity index (χ2v) is 7.19. The van der Waals surface area contributed by atoms with Crippen LogP contribution in [0.25, 0.3) is 0 Å². The molecule has 1 amide bonds. The number of carbonyl (C=O) groups excluding carboxylic acids is 2. The molecule has 1 N–H and O–H groups in total. The standard InChI is InChI=1S/C17H16FN3O5S/c18-12-5-3-11(4-6-12)17(7-1-2-8-17)15(23)26-10-13(22)20-16-19-9-14(27-16)21(24)25/h3-6,9H,1-2,7-8,10H2,(H,19,20,22). The summed E-state index contributed by atoms with van der Waals surface area (Å²) < 4.78 is 18.4. The number of benzene rings is 1. The van der Waals surface area contributed by atoms with Crippen LogP contribution in [-0.2, 0) is 19.7 Å². The molecule has 1 aromatic carbocycles. The minimum atomic E-state index is -0.881. The number of hydrogen-bond donors (Lipinski definition) is 1. The molecule has 8 nitrogen and oxygen atoms in total. The molecule has 0 spiro atoms. The van der Waals surface area contributed by atoms with Gasteiger partial charge in [-0.1, -0.05) is 25.0 Å². The SMILES string of the molecule is O=C(COC(=O)C1(c2ccc(F)cc2)CCCC1)Nc1ncc([N+](=O)[O-])s1. The Labute approximate surface area is 157 Å². The molecule has 1 aromatic heterocycles. The molecule has 27 heavy (non-hydrogen) atoms. The highest BCUT2D eigenvalue weighted by Crippen LogP contribution is 2.42. The van der Waals surface area contributed by atoms with Crippen LogP contribution in [0.3, 0.4) is 0 Å². The van der Waals surface area contributed by atoms with E-state index in [1.165, 1.54) is 12.1 Å². The normalized spacial score (nSPS) is 15.3. The second kappa shape index (κ2) is 7.78. The van der Waals surface area contributed by atoms with Crippen LogP contribution in [0.15, 0.2) is 30.5 Å². The quantitative estimate of drug-likeness (QED) is 0.458. The zero-order valence-electron chi connectivity index (χ0n) is 14.1. The lowest BCUT2D eigenvalue weighted by Crippen LogP contribution is -2.36. The van der Waals surface area contributed by atoms with Crippen molar-refractivity contribution in [2.24, 2.45) is 0 Å². The van der Waals surface area contributed by atoms with Gasteiger partial charge in [-0.2, -0.15) is 0 Å². The molecule has 2 aromatic rings. The van der Waals surface area contributed by atoms with Crippen LogP contribution in [0.1, 0.15) is 31.2 Å². The summed E-state index contributed by atoms with van der Waals surface area (Å²) in [7, 11) is 0. The van der Waals surface area contributed by atoms with Crippen molar-refractivity contribution in [1.29, 1.82) is 0 Å². The number of halogens is 1. The first-order valence-corrected chi connectivity index (χ1v) is 9.06. The number of carbonyl (C=O) groups is 2. The van der Waals surface area contributed by atoms with Gasteiger partial charge in [-0.3, -0.25) is 25.0 Å². The van der Waals surface area contributed by atoms with Gasteiger partial charge in [-0.15, -0.1) is 0 Å². The van der Waals surface area contributed by atoms with Crippen molar-refractivity contribution in [3.05, 3.63) is 52.0 Å². The zero-order valence-corrected chi connectivity index (χ0v) is 15.0. The van der Waals surface area contributed by atoms with Crippen LogP contribution in [0.5, 0.6) is 0 Å². The summed E-state index contributed by atoms with van der Waals surface area (Å²) in [4.78, 5) is 38.4. The van der Waals surface area contributed by atoms with Crippen molar-refractivity contribution >= 4 is 33.3 Å². The highest BCUT2D eigenvalue weighted by Gasteiger charge is 2.44. The molecule has 1 heterocycles. The molecule has 10 heteroatoms. The molecular formula is C17H16FN3O5S. The lowest BCUT2D eigenvalue weighted by Gasteiger charge is -2.27. The van der Waals surface area contributed by atoms with Crippen LogP contribution < -0.4 is 5.32 Å². The van der Waals surface area contributed by atoms with Crippen LogP contribution in [0.4, 0.5) is 14.5 Å². The predicted octanol–water partition coefficient (Wildman–Crippen LogP) is 3.18. The maximum Gasteiger partial charge on any atom is 0.345 e. The third-order valence-electron chi connectivity index (χ3n) is 4.50. The van der Waals surface area contributed by atoms with Gasteiger partial charge in [0, 0.05) is 0 Å². The summed E-state index contributed by atoms with van der Waals surface area (Å²) in [6.45, 7) is -0.533. The van der Waals surface area contributed by atoms with E-state index in [1.807, 2.05) is 0 Å². The minimum absolute atomic E-state index is 0.0527. The van der Waals surface area contributed by atoms with Gasteiger partial charge in [0.25, 0.3) is 5.91 Å². The van der Waals surface area contributed by atoms with Crippen molar-refractivity contribution in [2.45, 2.75) is 31.1 Å². The highest BCUT2D eigenvalue weighted by molar-refractivity contribution is 7.18. The van der Waals surface area contributed by atoms with Gasteiger partial charge in [0.2, 0.25) is 0 Å². The maximum atomic E-state index is 13.2. The molecule has 0 radical (unpaired) electrons. The molecule has 1 aliphatic carbocycles. The van der Waals surface area contributed by atoms with E-state index in [1.54, 1.807) is 12.1 Å². The predicted molar refractivity (Wildman–Crippen MR) is 94.9 cm³/mol. The fourth-order valence-corrected chi connectivity index (χ4v) is 3.84. The first-order valence-electron chi connectivity index (χ1n) is 8.24. The van der Waals surface area contributed by atoms with Gasteiger partial charge in [-0.25, -0.2) is 9.37 Å². The van der Waals surface area contributed by atoms with E-state index >= 15 is 0 Å². The van der Waals surface area contributed by atoms with Crippen LogP contribution >= 0.6 is 11.3 Å². The van der Waals surface area contributed by atoms with Crippen molar-refractivity contribution < 1.29 is 23.6 Å². The Bertz CT molecular complexity index is 862. The molecule has 3 rings (SSSR count).